The quantitative estimate of drug-likeness (QED) is 0.749. The second kappa shape index (κ2) is 4.53. The van der Waals surface area contributed by atoms with Gasteiger partial charge >= 0.3 is 0 Å². The zero-order valence-corrected chi connectivity index (χ0v) is 9.29. The highest BCUT2D eigenvalue weighted by atomic mass is 16.7. The van der Waals surface area contributed by atoms with E-state index in [1.165, 1.54) is 5.56 Å². The number of hydrogen-bond acceptors (Lipinski definition) is 3. The normalized spacial score (nSPS) is 11.7. The molecule has 0 bridgehead atoms. The van der Waals surface area contributed by atoms with Crippen molar-refractivity contribution in [3.05, 3.63) is 29.6 Å². The lowest BCUT2D eigenvalue weighted by atomic mass is 10.2. The third kappa shape index (κ3) is 4.35. The molecule has 0 spiro atoms. The van der Waals surface area contributed by atoms with Gasteiger partial charge in [0.1, 0.15) is 0 Å². The molecular weight excluding hydrogens is 176 g/mol. The minimum atomic E-state index is -0.156. The molecule has 0 aliphatic rings. The minimum Gasteiger partial charge on any atom is -0.296 e. The summed E-state index contributed by atoms with van der Waals surface area (Å²) in [5, 5.41) is 0. The molecule has 0 saturated carbocycles. The lowest BCUT2D eigenvalue weighted by Crippen LogP contribution is -2.28. The first-order valence-electron chi connectivity index (χ1n) is 4.79. The van der Waals surface area contributed by atoms with Crippen LogP contribution < -0.4 is 5.48 Å². The number of aryl methyl sites for hydroxylation is 1. The maximum absolute atomic E-state index is 5.40. The first-order valence-corrected chi connectivity index (χ1v) is 4.79. The van der Waals surface area contributed by atoms with Crippen LogP contribution in [0.15, 0.2) is 18.5 Å². The molecule has 1 N–H and O–H groups in total. The maximum atomic E-state index is 5.40. The van der Waals surface area contributed by atoms with Gasteiger partial charge in [0.15, 0.2) is 0 Å². The van der Waals surface area contributed by atoms with Crippen LogP contribution in [0.2, 0.25) is 0 Å². The van der Waals surface area contributed by atoms with Gasteiger partial charge in [-0.3, -0.25) is 9.82 Å². The molecule has 14 heavy (non-hydrogen) atoms. The van der Waals surface area contributed by atoms with Crippen molar-refractivity contribution in [2.24, 2.45) is 0 Å². The molecule has 0 aliphatic heterocycles. The van der Waals surface area contributed by atoms with Gasteiger partial charge in [-0.15, -0.1) is 0 Å². The second-order valence-electron chi connectivity index (χ2n) is 4.41. The first kappa shape index (κ1) is 11.1. The van der Waals surface area contributed by atoms with E-state index in [2.05, 4.69) is 16.5 Å². The Morgan fingerprint density at radius 2 is 2.07 bits per heavy atom. The fourth-order valence-electron chi connectivity index (χ4n) is 1.05. The smallest absolute Gasteiger partial charge is 0.0813 e. The minimum absolute atomic E-state index is 0.156. The number of pyridine rings is 1. The van der Waals surface area contributed by atoms with Crippen molar-refractivity contribution in [2.75, 3.05) is 0 Å². The fourth-order valence-corrected chi connectivity index (χ4v) is 1.05. The molecule has 1 rings (SSSR count). The van der Waals surface area contributed by atoms with Crippen LogP contribution in [0.3, 0.4) is 0 Å². The molecule has 78 valence electrons. The van der Waals surface area contributed by atoms with Crippen molar-refractivity contribution in [1.29, 1.82) is 0 Å². The van der Waals surface area contributed by atoms with Gasteiger partial charge in [-0.1, -0.05) is 6.07 Å². The summed E-state index contributed by atoms with van der Waals surface area (Å²) >= 11 is 0. The fraction of sp³-hybridized carbons (Fsp3) is 0.545. The van der Waals surface area contributed by atoms with Gasteiger partial charge < -0.3 is 0 Å². The lowest BCUT2D eigenvalue weighted by molar-refractivity contribution is -0.0758. The molecule has 1 aromatic rings. The first-order chi connectivity index (χ1) is 6.47. The Hall–Kier alpha value is -0.930. The number of nitrogens with zero attached hydrogens (tertiary/aromatic N) is 1. The molecule has 0 saturated heterocycles. The average molecular weight is 194 g/mol. The SMILES string of the molecule is Cc1cncc(CNOC(C)(C)C)c1. The predicted molar refractivity (Wildman–Crippen MR) is 56.7 cm³/mol. The standard InChI is InChI=1S/C11H18N2O/c1-9-5-10(7-12-6-9)8-13-14-11(2,3)4/h5-7,13H,8H2,1-4H3. The Balaban J connectivity index is 2.39. The predicted octanol–water partition coefficient (Wildman–Crippen LogP) is 2.21. The van der Waals surface area contributed by atoms with Crippen LogP contribution in [-0.4, -0.2) is 10.6 Å². The number of rotatable bonds is 3. The van der Waals surface area contributed by atoms with Crippen LogP contribution in [0.4, 0.5) is 0 Å². The molecule has 0 fully saturated rings. The van der Waals surface area contributed by atoms with Gasteiger partial charge in [0, 0.05) is 18.9 Å². The van der Waals surface area contributed by atoms with Crippen LogP contribution in [0.25, 0.3) is 0 Å². The van der Waals surface area contributed by atoms with Crippen molar-refractivity contribution in [2.45, 2.75) is 39.8 Å². The van der Waals surface area contributed by atoms with Crippen LogP contribution in [0, 0.1) is 6.92 Å². The molecule has 1 heterocycles. The highest BCUT2D eigenvalue weighted by Crippen LogP contribution is 2.05. The summed E-state index contributed by atoms with van der Waals surface area (Å²) in [4.78, 5) is 9.50. The average Bonchev–Trinajstić information content (AvgIpc) is 2.01. The highest BCUT2D eigenvalue weighted by Gasteiger charge is 2.09. The van der Waals surface area contributed by atoms with Crippen molar-refractivity contribution >= 4 is 0 Å². The molecule has 0 radical (unpaired) electrons. The van der Waals surface area contributed by atoms with Gasteiger partial charge in [0.2, 0.25) is 0 Å². The third-order valence-corrected chi connectivity index (χ3v) is 1.59. The van der Waals surface area contributed by atoms with Gasteiger partial charge in [0.25, 0.3) is 0 Å². The van der Waals surface area contributed by atoms with E-state index < -0.39 is 0 Å². The molecular formula is C11H18N2O. The number of hydroxylamine groups is 1. The Morgan fingerprint density at radius 3 is 2.64 bits per heavy atom. The van der Waals surface area contributed by atoms with Crippen LogP contribution in [0.5, 0.6) is 0 Å². The summed E-state index contributed by atoms with van der Waals surface area (Å²) in [6.07, 6.45) is 3.68. The molecule has 0 atom stereocenters. The summed E-state index contributed by atoms with van der Waals surface area (Å²) in [7, 11) is 0. The summed E-state index contributed by atoms with van der Waals surface area (Å²) in [6, 6.07) is 2.09. The number of aromatic nitrogens is 1. The number of nitrogens with one attached hydrogen (secondary N) is 1. The van der Waals surface area contributed by atoms with Crippen molar-refractivity contribution in [3.8, 4) is 0 Å². The monoisotopic (exact) mass is 194 g/mol. The van der Waals surface area contributed by atoms with E-state index in [0.29, 0.717) is 6.54 Å². The highest BCUT2D eigenvalue weighted by molar-refractivity contribution is 5.15. The molecule has 0 aliphatic carbocycles. The molecule has 0 amide bonds. The Bertz CT molecular complexity index is 292. The van der Waals surface area contributed by atoms with Gasteiger partial charge in [0.05, 0.1) is 5.60 Å². The van der Waals surface area contributed by atoms with Crippen LogP contribution >= 0.6 is 0 Å². The Kier molecular flexibility index (Phi) is 3.61. The zero-order valence-electron chi connectivity index (χ0n) is 9.29. The molecule has 3 nitrogen and oxygen atoms in total. The third-order valence-electron chi connectivity index (χ3n) is 1.59. The summed E-state index contributed by atoms with van der Waals surface area (Å²) < 4.78 is 0. The van der Waals surface area contributed by atoms with Crippen molar-refractivity contribution < 1.29 is 4.84 Å². The maximum Gasteiger partial charge on any atom is 0.0813 e. The topological polar surface area (TPSA) is 34.2 Å². The largest absolute Gasteiger partial charge is 0.296 e. The van der Waals surface area contributed by atoms with Crippen LogP contribution in [-0.2, 0) is 11.4 Å². The molecule has 0 unspecified atom stereocenters. The lowest BCUT2D eigenvalue weighted by Gasteiger charge is -2.19. The Labute approximate surface area is 85.5 Å². The van der Waals surface area contributed by atoms with E-state index in [4.69, 9.17) is 4.84 Å². The molecule has 1 aromatic heterocycles. The second-order valence-corrected chi connectivity index (χ2v) is 4.41. The van der Waals surface area contributed by atoms with Crippen molar-refractivity contribution in [1.82, 2.24) is 10.5 Å². The van der Waals surface area contributed by atoms with E-state index in [0.717, 1.165) is 5.56 Å². The van der Waals surface area contributed by atoms with Gasteiger partial charge in [-0.25, -0.2) is 0 Å². The van der Waals surface area contributed by atoms with Gasteiger partial charge in [-0.2, -0.15) is 5.48 Å². The molecule has 0 aromatic carbocycles. The van der Waals surface area contributed by atoms with E-state index in [-0.39, 0.29) is 5.60 Å². The van der Waals surface area contributed by atoms with E-state index in [9.17, 15) is 0 Å². The molecule has 3 heteroatoms. The van der Waals surface area contributed by atoms with E-state index >= 15 is 0 Å². The summed E-state index contributed by atoms with van der Waals surface area (Å²) in [6.45, 7) is 8.74. The Morgan fingerprint density at radius 1 is 1.36 bits per heavy atom. The zero-order chi connectivity index (χ0) is 10.6. The number of hydrogen-bond donors (Lipinski definition) is 1. The van der Waals surface area contributed by atoms with E-state index in [1.54, 1.807) is 0 Å². The van der Waals surface area contributed by atoms with E-state index in [1.807, 2.05) is 40.1 Å². The summed E-state index contributed by atoms with van der Waals surface area (Å²) in [5.41, 5.74) is 5.07. The van der Waals surface area contributed by atoms with Crippen molar-refractivity contribution in [3.63, 3.8) is 0 Å². The summed E-state index contributed by atoms with van der Waals surface area (Å²) in [5.74, 6) is 0. The van der Waals surface area contributed by atoms with Crippen LogP contribution in [0.1, 0.15) is 31.9 Å². The van der Waals surface area contributed by atoms with Gasteiger partial charge in [-0.05, 0) is 38.8 Å².